The number of anilines is 1. The van der Waals surface area contributed by atoms with E-state index in [-0.39, 0.29) is 5.82 Å². The van der Waals surface area contributed by atoms with Crippen LogP contribution in [0.25, 0.3) is 0 Å². The first-order valence-electron chi connectivity index (χ1n) is 6.06. The number of rotatable bonds is 4. The molecule has 1 aromatic heterocycles. The lowest BCUT2D eigenvalue weighted by Gasteiger charge is -2.03. The Kier molecular flexibility index (Phi) is 4.33. The lowest BCUT2D eigenvalue weighted by molar-refractivity contribution is 0.101. The molecule has 0 spiro atoms. The molecule has 2 aromatic rings. The number of hydrogen-bond acceptors (Lipinski definition) is 4. The van der Waals surface area contributed by atoms with Crippen molar-refractivity contribution >= 4 is 23.2 Å². The Labute approximate surface area is 120 Å². The first-order chi connectivity index (χ1) is 9.63. The van der Waals surface area contributed by atoms with Crippen molar-refractivity contribution in [3.05, 3.63) is 40.4 Å². The number of aromatic amines is 1. The van der Waals surface area contributed by atoms with Gasteiger partial charge in [-0.3, -0.25) is 9.89 Å². The van der Waals surface area contributed by atoms with Crippen molar-refractivity contribution in [1.82, 2.24) is 15.2 Å². The van der Waals surface area contributed by atoms with Crippen molar-refractivity contribution in [2.45, 2.75) is 19.8 Å². The van der Waals surface area contributed by atoms with E-state index < -0.39 is 5.91 Å². The molecule has 0 saturated carbocycles. The molecule has 2 rings (SSSR count). The van der Waals surface area contributed by atoms with Crippen LogP contribution in [0.3, 0.4) is 0 Å². The minimum Gasteiger partial charge on any atom is -0.319 e. The second kappa shape index (κ2) is 6.17. The van der Waals surface area contributed by atoms with Gasteiger partial charge in [0, 0.05) is 12.1 Å². The summed E-state index contributed by atoms with van der Waals surface area (Å²) in [5.41, 5.74) is 0.768. The molecule has 0 aliphatic heterocycles. The van der Waals surface area contributed by atoms with Crippen LogP contribution in [0.1, 0.15) is 35.4 Å². The number of benzene rings is 1. The number of halogens is 1. The highest BCUT2D eigenvalue weighted by atomic mass is 35.5. The number of nitrogens with zero attached hydrogens (tertiary/aromatic N) is 3. The first-order valence-corrected chi connectivity index (χ1v) is 6.44. The van der Waals surface area contributed by atoms with Gasteiger partial charge in [0.05, 0.1) is 10.6 Å². The fourth-order valence-electron chi connectivity index (χ4n) is 1.62. The number of nitrogens with one attached hydrogen (secondary N) is 2. The van der Waals surface area contributed by atoms with E-state index in [0.29, 0.717) is 22.1 Å². The lowest BCUT2D eigenvalue weighted by atomic mass is 10.2. The molecular formula is C13H12ClN5O. The smallest absolute Gasteiger partial charge is 0.295 e. The van der Waals surface area contributed by atoms with Gasteiger partial charge in [0.1, 0.15) is 11.9 Å². The van der Waals surface area contributed by atoms with Gasteiger partial charge in [0.2, 0.25) is 5.82 Å². The predicted molar refractivity (Wildman–Crippen MR) is 74.5 cm³/mol. The van der Waals surface area contributed by atoms with Gasteiger partial charge in [-0.2, -0.15) is 5.26 Å². The Morgan fingerprint density at radius 1 is 1.55 bits per heavy atom. The van der Waals surface area contributed by atoms with Crippen LogP contribution in [-0.4, -0.2) is 21.1 Å². The van der Waals surface area contributed by atoms with Crippen LogP contribution in [0, 0.1) is 11.3 Å². The minimum atomic E-state index is -0.435. The van der Waals surface area contributed by atoms with Crippen LogP contribution in [0.5, 0.6) is 0 Å². The van der Waals surface area contributed by atoms with Gasteiger partial charge < -0.3 is 5.32 Å². The number of nitriles is 1. The Morgan fingerprint density at radius 3 is 3.05 bits per heavy atom. The number of carbonyl (C=O) groups excluding carboxylic acids is 1. The second-order valence-electron chi connectivity index (χ2n) is 4.12. The average Bonchev–Trinajstić information content (AvgIpc) is 2.90. The second-order valence-corrected chi connectivity index (χ2v) is 4.52. The van der Waals surface area contributed by atoms with Crippen molar-refractivity contribution in [2.24, 2.45) is 0 Å². The molecule has 2 N–H and O–H groups in total. The summed E-state index contributed by atoms with van der Waals surface area (Å²) >= 11 is 5.82. The molecular weight excluding hydrogens is 278 g/mol. The molecule has 7 heteroatoms. The van der Waals surface area contributed by atoms with Crippen LogP contribution in [-0.2, 0) is 6.42 Å². The highest BCUT2D eigenvalue weighted by Crippen LogP contribution is 2.19. The van der Waals surface area contributed by atoms with E-state index >= 15 is 0 Å². The molecule has 0 fully saturated rings. The average molecular weight is 290 g/mol. The van der Waals surface area contributed by atoms with Crippen LogP contribution in [0.4, 0.5) is 5.69 Å². The monoisotopic (exact) mass is 289 g/mol. The van der Waals surface area contributed by atoms with Crippen molar-refractivity contribution < 1.29 is 4.79 Å². The SMILES string of the molecule is CCCc1nc(C(=O)Nc2ccc(Cl)c(C#N)c2)n[nH]1. The Hall–Kier alpha value is -2.39. The van der Waals surface area contributed by atoms with Gasteiger partial charge in [-0.05, 0) is 24.6 Å². The number of H-pyrrole nitrogens is 1. The van der Waals surface area contributed by atoms with Gasteiger partial charge in [0.25, 0.3) is 5.91 Å². The molecule has 1 aromatic carbocycles. The van der Waals surface area contributed by atoms with Crippen molar-refractivity contribution in [1.29, 1.82) is 5.26 Å². The van der Waals surface area contributed by atoms with Crippen LogP contribution < -0.4 is 5.32 Å². The maximum Gasteiger partial charge on any atom is 0.295 e. The maximum atomic E-state index is 11.9. The van der Waals surface area contributed by atoms with E-state index in [1.54, 1.807) is 12.1 Å². The highest BCUT2D eigenvalue weighted by Gasteiger charge is 2.13. The third-order valence-corrected chi connectivity index (χ3v) is 2.90. The summed E-state index contributed by atoms with van der Waals surface area (Å²) < 4.78 is 0. The zero-order valence-electron chi connectivity index (χ0n) is 10.8. The minimum absolute atomic E-state index is 0.0712. The van der Waals surface area contributed by atoms with Crippen LogP contribution >= 0.6 is 11.6 Å². The summed E-state index contributed by atoms with van der Waals surface area (Å²) in [5.74, 6) is 0.309. The molecule has 0 aliphatic rings. The molecule has 0 aliphatic carbocycles. The first kappa shape index (κ1) is 14.0. The molecule has 0 saturated heterocycles. The molecule has 6 nitrogen and oxygen atoms in total. The lowest BCUT2D eigenvalue weighted by Crippen LogP contribution is -2.14. The summed E-state index contributed by atoms with van der Waals surface area (Å²) in [7, 11) is 0. The summed E-state index contributed by atoms with van der Waals surface area (Å²) in [6.45, 7) is 2.01. The molecule has 0 atom stereocenters. The third kappa shape index (κ3) is 3.13. The summed E-state index contributed by atoms with van der Waals surface area (Å²) in [5, 5.41) is 18.4. The van der Waals surface area contributed by atoms with E-state index in [1.807, 2.05) is 13.0 Å². The third-order valence-electron chi connectivity index (χ3n) is 2.57. The van der Waals surface area contributed by atoms with Gasteiger partial charge in [-0.1, -0.05) is 18.5 Å². The molecule has 1 amide bonds. The maximum absolute atomic E-state index is 11.9. The topological polar surface area (TPSA) is 94.5 Å². The fourth-order valence-corrected chi connectivity index (χ4v) is 1.78. The zero-order valence-corrected chi connectivity index (χ0v) is 11.5. The van der Waals surface area contributed by atoms with Crippen LogP contribution in [0.15, 0.2) is 18.2 Å². The van der Waals surface area contributed by atoms with E-state index in [2.05, 4.69) is 20.5 Å². The molecule has 0 bridgehead atoms. The molecule has 0 unspecified atom stereocenters. The number of aryl methyl sites for hydroxylation is 1. The van der Waals surface area contributed by atoms with Crippen molar-refractivity contribution in [3.8, 4) is 6.07 Å². The van der Waals surface area contributed by atoms with Gasteiger partial charge in [0.15, 0.2) is 0 Å². The van der Waals surface area contributed by atoms with E-state index in [4.69, 9.17) is 16.9 Å². The largest absolute Gasteiger partial charge is 0.319 e. The van der Waals surface area contributed by atoms with E-state index in [0.717, 1.165) is 12.8 Å². The van der Waals surface area contributed by atoms with Gasteiger partial charge in [-0.25, -0.2) is 4.98 Å². The zero-order chi connectivity index (χ0) is 14.5. The fraction of sp³-hybridized carbons (Fsp3) is 0.231. The van der Waals surface area contributed by atoms with E-state index in [9.17, 15) is 4.79 Å². The summed E-state index contributed by atoms with van der Waals surface area (Å²) in [6, 6.07) is 6.61. The number of amides is 1. The Morgan fingerprint density at radius 2 is 2.35 bits per heavy atom. The molecule has 0 radical (unpaired) electrons. The molecule has 1 heterocycles. The summed E-state index contributed by atoms with van der Waals surface area (Å²) in [4.78, 5) is 16.0. The highest BCUT2D eigenvalue weighted by molar-refractivity contribution is 6.31. The summed E-state index contributed by atoms with van der Waals surface area (Å²) in [6.07, 6.45) is 1.65. The normalized spacial score (nSPS) is 10.1. The molecule has 20 heavy (non-hydrogen) atoms. The Bertz CT molecular complexity index is 674. The van der Waals surface area contributed by atoms with Crippen molar-refractivity contribution in [2.75, 3.05) is 5.32 Å². The number of carbonyl (C=O) groups is 1. The predicted octanol–water partition coefficient (Wildman–Crippen LogP) is 2.53. The van der Waals surface area contributed by atoms with Crippen LogP contribution in [0.2, 0.25) is 5.02 Å². The van der Waals surface area contributed by atoms with Gasteiger partial charge in [-0.15, -0.1) is 5.10 Å². The Balaban J connectivity index is 2.13. The molecule has 102 valence electrons. The van der Waals surface area contributed by atoms with Crippen molar-refractivity contribution in [3.63, 3.8) is 0 Å². The number of aromatic nitrogens is 3. The van der Waals surface area contributed by atoms with Gasteiger partial charge >= 0.3 is 0 Å². The quantitative estimate of drug-likeness (QED) is 0.904. The number of hydrogen-bond donors (Lipinski definition) is 2. The van der Waals surface area contributed by atoms with E-state index in [1.165, 1.54) is 6.07 Å². The standard InChI is InChI=1S/C13H12ClN5O/c1-2-3-11-17-12(19-18-11)13(20)16-9-4-5-10(14)8(6-9)7-15/h4-6H,2-3H2,1H3,(H,16,20)(H,17,18,19).